The lowest BCUT2D eigenvalue weighted by Crippen LogP contribution is -1.86. The molecule has 0 aliphatic rings. The van der Waals surface area contributed by atoms with Gasteiger partial charge in [0, 0.05) is 0 Å². The summed E-state index contributed by atoms with van der Waals surface area (Å²) in [6.07, 6.45) is 0.615. The van der Waals surface area contributed by atoms with Gasteiger partial charge >= 0.3 is 0 Å². The van der Waals surface area contributed by atoms with Crippen molar-refractivity contribution >= 4 is 21.6 Å². The molecule has 0 aliphatic carbocycles. The molecule has 0 bridgehead atoms. The first kappa shape index (κ1) is 15.5. The number of rotatable bonds is 4. The monoisotopic (exact) mass is 346 g/mol. The van der Waals surface area contributed by atoms with Crippen LogP contribution in [0, 0.1) is 18.3 Å². The number of benzene rings is 2. The lowest BCUT2D eigenvalue weighted by atomic mass is 10.0. The molecule has 122 valence electrons. The van der Waals surface area contributed by atoms with Gasteiger partial charge in [0.25, 0.3) is 0 Å². The molecular formula is C19H14N4OS. The van der Waals surface area contributed by atoms with Gasteiger partial charge in [-0.2, -0.15) is 5.26 Å². The van der Waals surface area contributed by atoms with Gasteiger partial charge < -0.3 is 4.42 Å². The zero-order valence-electron chi connectivity index (χ0n) is 13.6. The smallest absolute Gasteiger partial charge is 0.230 e. The lowest BCUT2D eigenvalue weighted by Gasteiger charge is -2.01. The Hall–Kier alpha value is -3.04. The van der Waals surface area contributed by atoms with Crippen molar-refractivity contribution in [1.82, 2.24) is 15.2 Å². The third-order valence-corrected chi connectivity index (χ3v) is 4.89. The average Bonchev–Trinajstić information content (AvgIpc) is 3.21. The molecule has 0 unspecified atom stereocenters. The van der Waals surface area contributed by atoms with E-state index in [2.05, 4.69) is 59.6 Å². The number of nitriles is 1. The summed E-state index contributed by atoms with van der Waals surface area (Å²) >= 11 is 1.62. The number of hydrogen-bond acceptors (Lipinski definition) is 6. The molecule has 0 saturated carbocycles. The van der Waals surface area contributed by atoms with E-state index in [-0.39, 0.29) is 6.42 Å². The topological polar surface area (TPSA) is 75.6 Å². The quantitative estimate of drug-likeness (QED) is 0.550. The highest BCUT2D eigenvalue weighted by molar-refractivity contribution is 7.18. The van der Waals surface area contributed by atoms with Crippen LogP contribution < -0.4 is 0 Å². The highest BCUT2D eigenvalue weighted by atomic mass is 32.1. The summed E-state index contributed by atoms with van der Waals surface area (Å²) in [5.74, 6) is 0.836. The Morgan fingerprint density at radius 1 is 1.04 bits per heavy atom. The normalized spacial score (nSPS) is 10.9. The van der Waals surface area contributed by atoms with Crippen LogP contribution in [0.1, 0.15) is 22.4 Å². The summed E-state index contributed by atoms with van der Waals surface area (Å²) in [4.78, 5) is 4.69. The highest BCUT2D eigenvalue weighted by Gasteiger charge is 2.11. The van der Waals surface area contributed by atoms with Crippen LogP contribution in [0.2, 0.25) is 0 Å². The molecule has 6 heteroatoms. The second-order valence-electron chi connectivity index (χ2n) is 5.76. The molecule has 2 aromatic heterocycles. The maximum absolute atomic E-state index is 8.66. The van der Waals surface area contributed by atoms with E-state index in [1.807, 2.05) is 6.07 Å². The van der Waals surface area contributed by atoms with Crippen molar-refractivity contribution in [1.29, 1.82) is 5.26 Å². The van der Waals surface area contributed by atoms with E-state index in [1.165, 1.54) is 11.1 Å². The van der Waals surface area contributed by atoms with E-state index in [9.17, 15) is 0 Å². The van der Waals surface area contributed by atoms with Crippen LogP contribution in [0.3, 0.4) is 0 Å². The second-order valence-corrected chi connectivity index (χ2v) is 6.87. The van der Waals surface area contributed by atoms with Crippen molar-refractivity contribution in [3.8, 4) is 17.2 Å². The Morgan fingerprint density at radius 3 is 2.60 bits per heavy atom. The fourth-order valence-electron chi connectivity index (χ4n) is 2.60. The third-order valence-electron chi connectivity index (χ3n) is 3.86. The Balaban J connectivity index is 1.61. The van der Waals surface area contributed by atoms with Gasteiger partial charge in [-0.25, -0.2) is 4.98 Å². The summed E-state index contributed by atoms with van der Waals surface area (Å²) in [6, 6.07) is 16.8. The first-order chi connectivity index (χ1) is 12.2. The van der Waals surface area contributed by atoms with Gasteiger partial charge in [-0.05, 0) is 30.2 Å². The van der Waals surface area contributed by atoms with Gasteiger partial charge in [0.2, 0.25) is 11.8 Å². The van der Waals surface area contributed by atoms with Gasteiger partial charge in [-0.15, -0.1) is 21.5 Å². The fraction of sp³-hybridized carbons (Fsp3) is 0.158. The van der Waals surface area contributed by atoms with Crippen LogP contribution in [0.5, 0.6) is 0 Å². The van der Waals surface area contributed by atoms with Crippen LogP contribution in [0.4, 0.5) is 0 Å². The van der Waals surface area contributed by atoms with Crippen molar-refractivity contribution in [2.75, 3.05) is 0 Å². The largest absolute Gasteiger partial charge is 0.424 e. The molecule has 4 aromatic rings. The molecule has 5 nitrogen and oxygen atoms in total. The molecule has 0 fully saturated rings. The number of nitrogens with zero attached hydrogens (tertiary/aromatic N) is 4. The highest BCUT2D eigenvalue weighted by Crippen LogP contribution is 2.29. The Kier molecular flexibility index (Phi) is 4.00. The van der Waals surface area contributed by atoms with E-state index in [0.717, 1.165) is 20.8 Å². The van der Waals surface area contributed by atoms with E-state index >= 15 is 0 Å². The number of aryl methyl sites for hydroxylation is 1. The van der Waals surface area contributed by atoms with E-state index in [4.69, 9.17) is 14.7 Å². The maximum atomic E-state index is 8.66. The zero-order chi connectivity index (χ0) is 17.2. The summed E-state index contributed by atoms with van der Waals surface area (Å²) in [6.45, 7) is 2.08. The van der Waals surface area contributed by atoms with Crippen molar-refractivity contribution in [2.24, 2.45) is 0 Å². The van der Waals surface area contributed by atoms with Gasteiger partial charge in [0.15, 0.2) is 0 Å². The first-order valence-electron chi connectivity index (χ1n) is 7.86. The number of hydrogen-bond donors (Lipinski definition) is 0. The molecule has 4 rings (SSSR count). The molecule has 0 amide bonds. The second kappa shape index (κ2) is 6.46. The molecule has 0 aliphatic heterocycles. The van der Waals surface area contributed by atoms with Crippen LogP contribution in [0.25, 0.3) is 21.3 Å². The minimum Gasteiger partial charge on any atom is -0.424 e. The van der Waals surface area contributed by atoms with Gasteiger partial charge in [0.05, 0.1) is 22.7 Å². The van der Waals surface area contributed by atoms with Crippen LogP contribution in [0.15, 0.2) is 46.9 Å². The molecular weight excluding hydrogens is 332 g/mol. The van der Waals surface area contributed by atoms with Crippen molar-refractivity contribution in [2.45, 2.75) is 19.8 Å². The average molecular weight is 346 g/mol. The van der Waals surface area contributed by atoms with Crippen molar-refractivity contribution in [3.63, 3.8) is 0 Å². The minimum atomic E-state index is 0.132. The predicted molar refractivity (Wildman–Crippen MR) is 96.2 cm³/mol. The molecule has 0 saturated heterocycles. The molecule has 0 spiro atoms. The maximum Gasteiger partial charge on any atom is 0.230 e. The predicted octanol–water partition coefficient (Wildman–Crippen LogP) is 4.31. The number of thiazole rings is 1. The molecule has 2 heterocycles. The van der Waals surface area contributed by atoms with E-state index in [1.54, 1.807) is 11.3 Å². The Bertz CT molecular complexity index is 1070. The summed E-state index contributed by atoms with van der Waals surface area (Å²) in [5.41, 5.74) is 4.55. The van der Waals surface area contributed by atoms with E-state index in [0.29, 0.717) is 18.2 Å². The zero-order valence-corrected chi connectivity index (χ0v) is 14.4. The molecule has 25 heavy (non-hydrogen) atoms. The third kappa shape index (κ3) is 3.28. The van der Waals surface area contributed by atoms with Crippen LogP contribution in [-0.4, -0.2) is 15.2 Å². The minimum absolute atomic E-state index is 0.132. The van der Waals surface area contributed by atoms with Gasteiger partial charge in [-0.3, -0.25) is 0 Å². The SMILES string of the molecule is Cc1ccc(-c2ccc3sc(Cc4nnc(CC#N)o4)nc3c2)cc1. The summed E-state index contributed by atoms with van der Waals surface area (Å²) in [7, 11) is 0. The molecule has 0 radical (unpaired) electrons. The van der Waals surface area contributed by atoms with Crippen LogP contribution >= 0.6 is 11.3 Å². The number of aromatic nitrogens is 3. The molecule has 0 N–H and O–H groups in total. The number of fused-ring (bicyclic) bond motifs is 1. The van der Waals surface area contributed by atoms with Crippen molar-refractivity contribution < 1.29 is 4.42 Å². The Morgan fingerprint density at radius 2 is 1.80 bits per heavy atom. The van der Waals surface area contributed by atoms with Gasteiger partial charge in [-0.1, -0.05) is 35.9 Å². The lowest BCUT2D eigenvalue weighted by molar-refractivity contribution is 0.469. The first-order valence-corrected chi connectivity index (χ1v) is 8.67. The van der Waals surface area contributed by atoms with Gasteiger partial charge in [0.1, 0.15) is 11.4 Å². The fourth-order valence-corrected chi connectivity index (χ4v) is 3.54. The molecule has 0 atom stereocenters. The standard InChI is InChI=1S/C19H14N4OS/c1-12-2-4-13(5-3-12)14-6-7-16-15(10-14)21-19(25-16)11-18-23-22-17(24-18)8-9-20/h2-7,10H,8,11H2,1H3. The summed E-state index contributed by atoms with van der Waals surface area (Å²) in [5, 5.41) is 17.4. The van der Waals surface area contributed by atoms with E-state index < -0.39 is 0 Å². The van der Waals surface area contributed by atoms with Crippen LogP contribution in [-0.2, 0) is 12.8 Å². The van der Waals surface area contributed by atoms with Crippen molar-refractivity contribution in [3.05, 3.63) is 64.8 Å². The Labute approximate surface area is 148 Å². The summed E-state index contributed by atoms with van der Waals surface area (Å²) < 4.78 is 6.58. The molecule has 2 aromatic carbocycles.